The van der Waals surface area contributed by atoms with Crippen LogP contribution in [0.3, 0.4) is 0 Å². The van der Waals surface area contributed by atoms with E-state index >= 15 is 0 Å². The molecule has 0 aliphatic heterocycles. The second kappa shape index (κ2) is 5.32. The van der Waals surface area contributed by atoms with Gasteiger partial charge in [-0.1, -0.05) is 0 Å². The van der Waals surface area contributed by atoms with Gasteiger partial charge in [-0.3, -0.25) is 0 Å². The predicted molar refractivity (Wildman–Crippen MR) is 67.4 cm³/mol. The minimum Gasteiger partial charge on any atom is -0.241 e. The fraction of sp³-hybridized carbons (Fsp3) is 0.600. The van der Waals surface area contributed by atoms with Crippen molar-refractivity contribution in [1.82, 2.24) is 9.97 Å². The van der Waals surface area contributed by atoms with Gasteiger partial charge in [0.25, 0.3) is 0 Å². The van der Waals surface area contributed by atoms with Gasteiger partial charge >= 0.3 is 0 Å². The summed E-state index contributed by atoms with van der Waals surface area (Å²) >= 11 is 1.45. The largest absolute Gasteiger partial charge is 0.241 e. The molecule has 1 aromatic heterocycles. The van der Waals surface area contributed by atoms with Crippen LogP contribution in [0.5, 0.6) is 0 Å². The number of hydrogen-bond acceptors (Lipinski definition) is 5. The Balaban J connectivity index is 2.06. The van der Waals surface area contributed by atoms with E-state index in [4.69, 9.17) is 5.14 Å². The summed E-state index contributed by atoms with van der Waals surface area (Å²) in [6.07, 6.45) is 5.88. The number of rotatable bonds is 4. The van der Waals surface area contributed by atoms with E-state index in [1.807, 2.05) is 0 Å². The Morgan fingerprint density at radius 1 is 1.29 bits per heavy atom. The van der Waals surface area contributed by atoms with Crippen LogP contribution in [-0.2, 0) is 22.9 Å². The second-order valence-electron chi connectivity index (χ2n) is 4.03. The fourth-order valence-electron chi connectivity index (χ4n) is 1.87. The highest BCUT2D eigenvalue weighted by atomic mass is 32.2. The van der Waals surface area contributed by atoms with Crippen LogP contribution in [-0.4, -0.2) is 29.9 Å². The van der Waals surface area contributed by atoms with Crippen molar-refractivity contribution in [2.45, 2.75) is 30.7 Å². The van der Waals surface area contributed by atoms with Crippen molar-refractivity contribution < 1.29 is 8.42 Å². The van der Waals surface area contributed by atoms with Crippen LogP contribution in [0.15, 0.2) is 11.4 Å². The maximum absolute atomic E-state index is 10.8. The third kappa shape index (κ3) is 3.65. The lowest BCUT2D eigenvalue weighted by Gasteiger charge is -2.16. The second-order valence-corrected chi connectivity index (χ2v) is 6.84. The zero-order valence-electron chi connectivity index (χ0n) is 9.42. The van der Waals surface area contributed by atoms with E-state index in [0.29, 0.717) is 5.75 Å². The van der Waals surface area contributed by atoms with Gasteiger partial charge in [-0.25, -0.2) is 23.5 Å². The Bertz CT molecular complexity index is 502. The van der Waals surface area contributed by atoms with Crippen LogP contribution >= 0.6 is 11.8 Å². The molecule has 5 nitrogen and oxygen atoms in total. The summed E-state index contributed by atoms with van der Waals surface area (Å²) in [5.74, 6) is 0.429. The number of nitrogens with zero attached hydrogens (tertiary/aromatic N) is 2. The molecule has 1 heterocycles. The van der Waals surface area contributed by atoms with Crippen molar-refractivity contribution in [3.8, 4) is 0 Å². The van der Waals surface area contributed by atoms with Gasteiger partial charge in [0.1, 0.15) is 11.4 Å². The molecule has 0 spiro atoms. The summed E-state index contributed by atoms with van der Waals surface area (Å²) < 4.78 is 21.7. The van der Waals surface area contributed by atoms with E-state index in [1.165, 1.54) is 23.7 Å². The molecule has 1 aliphatic carbocycles. The molecule has 0 saturated heterocycles. The van der Waals surface area contributed by atoms with Crippen molar-refractivity contribution in [2.75, 3.05) is 11.5 Å². The van der Waals surface area contributed by atoms with E-state index in [0.717, 1.165) is 30.0 Å². The maximum atomic E-state index is 10.8. The smallest absolute Gasteiger partial charge is 0.209 e. The number of sulfonamides is 1. The highest BCUT2D eigenvalue weighted by Crippen LogP contribution is 2.27. The van der Waals surface area contributed by atoms with Gasteiger partial charge in [0, 0.05) is 17.0 Å². The van der Waals surface area contributed by atoms with E-state index in [9.17, 15) is 8.42 Å². The summed E-state index contributed by atoms with van der Waals surface area (Å²) in [4.78, 5) is 8.50. The zero-order valence-corrected chi connectivity index (χ0v) is 11.1. The first-order valence-corrected chi connectivity index (χ1v) is 8.22. The molecule has 7 heteroatoms. The van der Waals surface area contributed by atoms with Crippen LogP contribution in [0.1, 0.15) is 24.1 Å². The first-order valence-electron chi connectivity index (χ1n) is 5.52. The van der Waals surface area contributed by atoms with Gasteiger partial charge in [-0.2, -0.15) is 0 Å². The molecule has 0 unspecified atom stereocenters. The normalized spacial score (nSPS) is 15.6. The molecule has 2 rings (SSSR count). The van der Waals surface area contributed by atoms with Gasteiger partial charge in [0.05, 0.1) is 5.75 Å². The van der Waals surface area contributed by atoms with Gasteiger partial charge in [0.15, 0.2) is 0 Å². The molecule has 1 aliphatic rings. The van der Waals surface area contributed by atoms with Gasteiger partial charge in [0.2, 0.25) is 10.0 Å². The predicted octanol–water partition coefficient (Wildman–Crippen LogP) is 0.736. The first kappa shape index (κ1) is 12.8. The standard InChI is InChI=1S/C10H15N3O2S2/c11-17(14,15)6-5-16-10-8-3-1-2-4-9(8)12-7-13-10/h7H,1-6H2,(H2,11,14,15). The molecule has 2 N–H and O–H groups in total. The maximum Gasteiger partial charge on any atom is 0.209 e. The molecule has 0 fully saturated rings. The number of primary sulfonamides is 1. The number of nitrogens with two attached hydrogens (primary N) is 1. The molecule has 0 bridgehead atoms. The van der Waals surface area contributed by atoms with Crippen LogP contribution in [0.4, 0.5) is 0 Å². The van der Waals surface area contributed by atoms with Crippen molar-refractivity contribution in [1.29, 1.82) is 0 Å². The van der Waals surface area contributed by atoms with Gasteiger partial charge < -0.3 is 0 Å². The molecular formula is C10H15N3O2S2. The van der Waals surface area contributed by atoms with Crippen molar-refractivity contribution >= 4 is 21.8 Å². The Kier molecular flexibility index (Phi) is 4.01. The Morgan fingerprint density at radius 2 is 2.06 bits per heavy atom. The van der Waals surface area contributed by atoms with Crippen molar-refractivity contribution in [3.63, 3.8) is 0 Å². The summed E-state index contributed by atoms with van der Waals surface area (Å²) in [7, 11) is -3.38. The molecule has 0 amide bonds. The molecule has 0 atom stereocenters. The Labute approximate surface area is 105 Å². The molecule has 0 saturated carbocycles. The summed E-state index contributed by atoms with van der Waals surface area (Å²) in [6, 6.07) is 0. The zero-order chi connectivity index (χ0) is 12.3. The van der Waals surface area contributed by atoms with Gasteiger partial charge in [-0.05, 0) is 25.7 Å². The fourth-order valence-corrected chi connectivity index (χ4v) is 3.84. The van der Waals surface area contributed by atoms with Crippen molar-refractivity contribution in [3.05, 3.63) is 17.6 Å². The number of hydrogen-bond donors (Lipinski definition) is 1. The van der Waals surface area contributed by atoms with Crippen LogP contribution in [0.25, 0.3) is 0 Å². The first-order chi connectivity index (χ1) is 8.06. The molecular weight excluding hydrogens is 258 g/mol. The quantitative estimate of drug-likeness (QED) is 0.646. The topological polar surface area (TPSA) is 85.9 Å². The monoisotopic (exact) mass is 273 g/mol. The van der Waals surface area contributed by atoms with E-state index in [2.05, 4.69) is 9.97 Å². The third-order valence-electron chi connectivity index (χ3n) is 2.69. The van der Waals surface area contributed by atoms with E-state index in [-0.39, 0.29) is 5.75 Å². The lowest BCUT2D eigenvalue weighted by Crippen LogP contribution is -2.18. The van der Waals surface area contributed by atoms with E-state index < -0.39 is 10.0 Å². The molecule has 94 valence electrons. The highest BCUT2D eigenvalue weighted by molar-refractivity contribution is 8.00. The summed E-state index contributed by atoms with van der Waals surface area (Å²) in [5.41, 5.74) is 2.31. The SMILES string of the molecule is NS(=O)(=O)CCSc1ncnc2c1CCCC2. The average molecular weight is 273 g/mol. The van der Waals surface area contributed by atoms with E-state index in [1.54, 1.807) is 6.33 Å². The van der Waals surface area contributed by atoms with Crippen LogP contribution in [0, 0.1) is 0 Å². The average Bonchev–Trinajstić information content (AvgIpc) is 2.28. The Hall–Kier alpha value is -0.660. The molecule has 0 radical (unpaired) electrons. The number of thioether (sulfide) groups is 1. The molecule has 17 heavy (non-hydrogen) atoms. The lowest BCUT2D eigenvalue weighted by atomic mass is 9.98. The van der Waals surface area contributed by atoms with Crippen LogP contribution in [0.2, 0.25) is 0 Å². The summed E-state index contributed by atoms with van der Waals surface area (Å²) in [6.45, 7) is 0. The molecule has 1 aromatic rings. The number of aromatic nitrogens is 2. The minimum atomic E-state index is -3.38. The lowest BCUT2D eigenvalue weighted by molar-refractivity contribution is 0.599. The summed E-state index contributed by atoms with van der Waals surface area (Å²) in [5, 5.41) is 5.88. The minimum absolute atomic E-state index is 0.0174. The third-order valence-corrected chi connectivity index (χ3v) is 4.76. The highest BCUT2D eigenvalue weighted by Gasteiger charge is 2.16. The number of aryl methyl sites for hydroxylation is 1. The van der Waals surface area contributed by atoms with Crippen LogP contribution < -0.4 is 5.14 Å². The Morgan fingerprint density at radius 3 is 2.82 bits per heavy atom. The number of fused-ring (bicyclic) bond motifs is 1. The van der Waals surface area contributed by atoms with Crippen molar-refractivity contribution in [2.24, 2.45) is 5.14 Å². The van der Waals surface area contributed by atoms with Gasteiger partial charge in [-0.15, -0.1) is 11.8 Å². The molecule has 0 aromatic carbocycles.